The summed E-state index contributed by atoms with van der Waals surface area (Å²) >= 11 is 0. The molecule has 0 radical (unpaired) electrons. The number of primary amides is 1. The lowest BCUT2D eigenvalue weighted by Crippen LogP contribution is -2.30. The Labute approximate surface area is 195 Å². The summed E-state index contributed by atoms with van der Waals surface area (Å²) in [5.41, 5.74) is 8.50. The maximum atomic E-state index is 13.1. The van der Waals surface area contributed by atoms with Crippen molar-refractivity contribution in [2.45, 2.75) is 20.5 Å². The lowest BCUT2D eigenvalue weighted by Gasteiger charge is -2.17. The number of ether oxygens (including phenoxy) is 2. The van der Waals surface area contributed by atoms with Gasteiger partial charge in [0, 0.05) is 0 Å². The fraction of sp³-hybridized carbons (Fsp3) is 0.154. The van der Waals surface area contributed by atoms with E-state index in [0.29, 0.717) is 17.0 Å². The van der Waals surface area contributed by atoms with Crippen LogP contribution >= 0.6 is 0 Å². The summed E-state index contributed by atoms with van der Waals surface area (Å²) in [4.78, 5) is 50.7. The first kappa shape index (κ1) is 22.7. The molecule has 1 aliphatic rings. The second-order valence-electron chi connectivity index (χ2n) is 7.97. The molecule has 4 rings (SSSR count). The monoisotopic (exact) mass is 458 g/mol. The first-order chi connectivity index (χ1) is 16.2. The third-order valence-corrected chi connectivity index (χ3v) is 5.38. The van der Waals surface area contributed by atoms with Gasteiger partial charge in [-0.2, -0.15) is 0 Å². The van der Waals surface area contributed by atoms with Gasteiger partial charge in [-0.3, -0.25) is 14.4 Å². The van der Waals surface area contributed by atoms with Gasteiger partial charge in [-0.05, 0) is 66.9 Å². The van der Waals surface area contributed by atoms with Gasteiger partial charge < -0.3 is 15.2 Å². The van der Waals surface area contributed by atoms with Crippen molar-refractivity contribution in [1.82, 2.24) is 0 Å². The van der Waals surface area contributed by atoms with E-state index in [1.165, 1.54) is 18.2 Å². The highest BCUT2D eigenvalue weighted by Crippen LogP contribution is 2.32. The summed E-state index contributed by atoms with van der Waals surface area (Å²) in [6.45, 7) is 3.40. The highest BCUT2D eigenvalue weighted by molar-refractivity contribution is 6.35. The Morgan fingerprint density at radius 1 is 0.912 bits per heavy atom. The molecule has 3 aromatic carbocycles. The molecule has 3 amide bonds. The van der Waals surface area contributed by atoms with Gasteiger partial charge in [-0.25, -0.2) is 9.69 Å². The minimum absolute atomic E-state index is 0.0504. The van der Waals surface area contributed by atoms with Crippen LogP contribution in [0.25, 0.3) is 0 Å². The predicted molar refractivity (Wildman–Crippen MR) is 124 cm³/mol. The lowest BCUT2D eigenvalue weighted by molar-refractivity contribution is -0.119. The molecule has 1 heterocycles. The van der Waals surface area contributed by atoms with Gasteiger partial charge in [-0.15, -0.1) is 0 Å². The molecule has 0 unspecified atom stereocenters. The Morgan fingerprint density at radius 3 is 2.44 bits per heavy atom. The number of esters is 1. The number of imide groups is 1. The van der Waals surface area contributed by atoms with Crippen LogP contribution in [0.5, 0.6) is 5.75 Å². The second-order valence-corrected chi connectivity index (χ2v) is 7.97. The fourth-order valence-electron chi connectivity index (χ4n) is 3.66. The van der Waals surface area contributed by atoms with Crippen molar-refractivity contribution in [1.29, 1.82) is 0 Å². The van der Waals surface area contributed by atoms with Gasteiger partial charge in [0.1, 0.15) is 12.4 Å². The molecule has 34 heavy (non-hydrogen) atoms. The Balaban J connectivity index is 1.49. The maximum absolute atomic E-state index is 13.1. The third-order valence-electron chi connectivity index (χ3n) is 5.38. The summed E-state index contributed by atoms with van der Waals surface area (Å²) in [5.74, 6) is -1.74. The standard InChI is InChI=1S/C26H22N2O6/c1-15-6-7-16(2)22(10-15)28-24(30)20-9-8-18(12-21(20)25(28)31)26(32)34-13-17-4-3-5-19(11-17)33-14-23(27)29/h3-12H,13-14H2,1-2H3,(H2,27,29). The number of fused-ring (bicyclic) bond motifs is 1. The number of nitrogens with zero attached hydrogens (tertiary/aromatic N) is 1. The number of amides is 3. The van der Waals surface area contributed by atoms with Crippen molar-refractivity contribution in [3.05, 3.63) is 94.0 Å². The first-order valence-corrected chi connectivity index (χ1v) is 10.5. The average molecular weight is 458 g/mol. The quantitative estimate of drug-likeness (QED) is 0.429. The van der Waals surface area contributed by atoms with Crippen LogP contribution < -0.4 is 15.4 Å². The van der Waals surface area contributed by atoms with Crippen molar-refractivity contribution >= 4 is 29.4 Å². The van der Waals surface area contributed by atoms with Crippen LogP contribution in [0.3, 0.4) is 0 Å². The van der Waals surface area contributed by atoms with Gasteiger partial charge >= 0.3 is 5.97 Å². The van der Waals surface area contributed by atoms with Crippen molar-refractivity contribution in [3.63, 3.8) is 0 Å². The number of hydrogen-bond acceptors (Lipinski definition) is 6. The lowest BCUT2D eigenvalue weighted by atomic mass is 10.1. The zero-order chi connectivity index (χ0) is 24.4. The van der Waals surface area contributed by atoms with Crippen LogP contribution in [-0.2, 0) is 16.1 Å². The summed E-state index contributed by atoms with van der Waals surface area (Å²) in [7, 11) is 0. The average Bonchev–Trinajstić information content (AvgIpc) is 3.07. The van der Waals surface area contributed by atoms with Crippen LogP contribution in [0.2, 0.25) is 0 Å². The molecule has 0 saturated carbocycles. The predicted octanol–water partition coefficient (Wildman–Crippen LogP) is 3.33. The summed E-state index contributed by atoms with van der Waals surface area (Å²) in [6.07, 6.45) is 0. The zero-order valence-electron chi connectivity index (χ0n) is 18.7. The Bertz CT molecular complexity index is 1330. The highest BCUT2D eigenvalue weighted by Gasteiger charge is 2.38. The van der Waals surface area contributed by atoms with Gasteiger partial charge in [0.15, 0.2) is 6.61 Å². The second kappa shape index (κ2) is 9.19. The van der Waals surface area contributed by atoms with E-state index in [2.05, 4.69) is 0 Å². The Kier molecular flexibility index (Phi) is 6.14. The van der Waals surface area contributed by atoms with Gasteiger partial charge in [0.2, 0.25) is 0 Å². The molecule has 3 aromatic rings. The molecule has 0 fully saturated rings. The number of nitrogens with two attached hydrogens (primary N) is 1. The topological polar surface area (TPSA) is 116 Å². The van der Waals surface area contributed by atoms with Crippen molar-refractivity contribution in [2.24, 2.45) is 5.73 Å². The number of aryl methyl sites for hydroxylation is 2. The number of benzene rings is 3. The van der Waals surface area contributed by atoms with E-state index in [1.807, 2.05) is 26.0 Å². The molecule has 0 aliphatic carbocycles. The molecular formula is C26H22N2O6. The molecule has 8 nitrogen and oxygen atoms in total. The van der Waals surface area contributed by atoms with E-state index in [4.69, 9.17) is 15.2 Å². The van der Waals surface area contributed by atoms with Gasteiger partial charge in [0.25, 0.3) is 17.7 Å². The molecule has 172 valence electrons. The molecule has 2 N–H and O–H groups in total. The number of anilines is 1. The van der Waals surface area contributed by atoms with Gasteiger partial charge in [-0.1, -0.05) is 24.3 Å². The molecule has 1 aliphatic heterocycles. The number of carbonyl (C=O) groups excluding carboxylic acids is 4. The number of carbonyl (C=O) groups is 4. The van der Waals surface area contributed by atoms with Crippen molar-refractivity contribution < 1.29 is 28.7 Å². The molecule has 8 heteroatoms. The summed E-state index contributed by atoms with van der Waals surface area (Å²) < 4.78 is 10.6. The van der Waals surface area contributed by atoms with E-state index in [1.54, 1.807) is 30.3 Å². The molecule has 0 aromatic heterocycles. The number of hydrogen-bond donors (Lipinski definition) is 1. The fourth-order valence-corrected chi connectivity index (χ4v) is 3.66. The van der Waals surface area contributed by atoms with E-state index in [-0.39, 0.29) is 29.9 Å². The smallest absolute Gasteiger partial charge is 0.338 e. The van der Waals surface area contributed by atoms with E-state index in [9.17, 15) is 19.2 Å². The maximum Gasteiger partial charge on any atom is 0.338 e. The van der Waals surface area contributed by atoms with Crippen LogP contribution in [0.4, 0.5) is 5.69 Å². The molecule has 0 atom stereocenters. The molecule has 0 saturated heterocycles. The van der Waals surface area contributed by atoms with Crippen LogP contribution in [0, 0.1) is 13.8 Å². The van der Waals surface area contributed by atoms with Crippen molar-refractivity contribution in [3.8, 4) is 5.75 Å². The van der Waals surface area contributed by atoms with Crippen molar-refractivity contribution in [2.75, 3.05) is 11.5 Å². The zero-order valence-corrected chi connectivity index (χ0v) is 18.7. The summed E-state index contributed by atoms with van der Waals surface area (Å²) in [5, 5.41) is 0. The highest BCUT2D eigenvalue weighted by atomic mass is 16.5. The Hall–Kier alpha value is -4.46. The van der Waals surface area contributed by atoms with Crippen LogP contribution in [0.1, 0.15) is 47.8 Å². The third kappa shape index (κ3) is 4.52. The Morgan fingerprint density at radius 2 is 1.68 bits per heavy atom. The van der Waals surface area contributed by atoms with E-state index < -0.39 is 23.7 Å². The minimum Gasteiger partial charge on any atom is -0.484 e. The SMILES string of the molecule is Cc1ccc(C)c(N2C(=O)c3ccc(C(=O)OCc4cccc(OCC(N)=O)c4)cc3C2=O)c1. The largest absolute Gasteiger partial charge is 0.484 e. The van der Waals surface area contributed by atoms with Gasteiger partial charge in [0.05, 0.1) is 22.4 Å². The normalized spacial score (nSPS) is 12.5. The first-order valence-electron chi connectivity index (χ1n) is 10.5. The van der Waals surface area contributed by atoms with Crippen LogP contribution in [-0.4, -0.2) is 30.3 Å². The number of rotatable bonds is 7. The van der Waals surface area contributed by atoms with E-state index in [0.717, 1.165) is 16.0 Å². The van der Waals surface area contributed by atoms with E-state index >= 15 is 0 Å². The molecule has 0 bridgehead atoms. The molecule has 0 spiro atoms. The minimum atomic E-state index is -0.642. The summed E-state index contributed by atoms with van der Waals surface area (Å²) in [6, 6.07) is 16.6. The van der Waals surface area contributed by atoms with Crippen LogP contribution in [0.15, 0.2) is 60.7 Å². The molecular weight excluding hydrogens is 436 g/mol.